The molecule has 63 heavy (non-hydrogen) atoms. The molecule has 0 aromatic heterocycles. The molecule has 0 unspecified atom stereocenters. The van der Waals surface area contributed by atoms with Crippen molar-refractivity contribution in [3.63, 3.8) is 0 Å². The molecule has 0 amide bonds. The standard InChI is InChI=1S/C57H44N2O4/c1-60-45-24-15-39(16-25-45)58(40-17-26-46(61-2)27-18-40)43-14-13-37-34-52-51-32-23-44(59(41-19-28-47(62-3)29-20-41)42-21-30-48(63-4)31-22-42)36-56(51)57(55(52)35-38(37)33-43)53-11-7-5-9-49(53)50-10-6-8-12-54(50)57/h5-36H,1-4H3. The van der Waals surface area contributed by atoms with E-state index in [1.54, 1.807) is 28.4 Å². The van der Waals surface area contributed by atoms with Gasteiger partial charge in [-0.3, -0.25) is 0 Å². The number of methoxy groups -OCH3 is 4. The highest BCUT2D eigenvalue weighted by molar-refractivity contribution is 6.02. The second-order valence-corrected chi connectivity index (χ2v) is 16.0. The summed E-state index contributed by atoms with van der Waals surface area (Å²) in [5, 5.41) is 2.33. The van der Waals surface area contributed by atoms with Gasteiger partial charge in [-0.1, -0.05) is 60.7 Å². The first-order valence-electron chi connectivity index (χ1n) is 21.1. The molecule has 0 atom stereocenters. The Hall–Kier alpha value is -7.96. The van der Waals surface area contributed by atoms with Crippen LogP contribution in [0, 0.1) is 0 Å². The number of benzene rings is 9. The molecule has 306 valence electrons. The first kappa shape index (κ1) is 38.0. The van der Waals surface area contributed by atoms with E-state index in [4.69, 9.17) is 18.9 Å². The normalized spacial score (nSPS) is 12.6. The summed E-state index contributed by atoms with van der Waals surface area (Å²) < 4.78 is 22.3. The van der Waals surface area contributed by atoms with Crippen molar-refractivity contribution in [1.29, 1.82) is 0 Å². The molecule has 9 aromatic rings. The molecule has 1 spiro atoms. The zero-order valence-corrected chi connectivity index (χ0v) is 35.5. The molecule has 0 aliphatic heterocycles. The minimum Gasteiger partial charge on any atom is -0.497 e. The van der Waals surface area contributed by atoms with Gasteiger partial charge >= 0.3 is 0 Å². The van der Waals surface area contributed by atoms with E-state index in [0.717, 1.165) is 62.5 Å². The number of hydrogen-bond donors (Lipinski definition) is 0. The number of nitrogens with zero attached hydrogens (tertiary/aromatic N) is 2. The van der Waals surface area contributed by atoms with E-state index in [9.17, 15) is 0 Å². The van der Waals surface area contributed by atoms with Gasteiger partial charge in [0, 0.05) is 34.1 Å². The molecular formula is C57H44N2O4. The second kappa shape index (κ2) is 15.2. The lowest BCUT2D eigenvalue weighted by Crippen LogP contribution is -2.26. The van der Waals surface area contributed by atoms with Gasteiger partial charge in [0.25, 0.3) is 0 Å². The maximum Gasteiger partial charge on any atom is 0.119 e. The average Bonchev–Trinajstić information content (AvgIpc) is 3.80. The SMILES string of the molecule is COc1ccc(N(c2ccc(OC)cc2)c2ccc3c(c2)C2(c4ccccc4-c4ccccc42)c2cc4cc(N(c5ccc(OC)cc5)c5ccc(OC)cc5)ccc4cc2-3)cc1. The van der Waals surface area contributed by atoms with Crippen LogP contribution in [0.1, 0.15) is 22.3 Å². The highest BCUT2D eigenvalue weighted by Crippen LogP contribution is 2.64. The Morgan fingerprint density at radius 1 is 0.286 bits per heavy atom. The largest absolute Gasteiger partial charge is 0.497 e. The topological polar surface area (TPSA) is 43.4 Å². The first-order valence-corrected chi connectivity index (χ1v) is 21.1. The summed E-state index contributed by atoms with van der Waals surface area (Å²) in [7, 11) is 6.80. The summed E-state index contributed by atoms with van der Waals surface area (Å²) in [6.45, 7) is 0. The van der Waals surface area contributed by atoms with Crippen LogP contribution < -0.4 is 28.7 Å². The molecule has 11 rings (SSSR count). The molecule has 0 saturated carbocycles. The van der Waals surface area contributed by atoms with Gasteiger partial charge in [-0.2, -0.15) is 0 Å². The number of rotatable bonds is 10. The smallest absolute Gasteiger partial charge is 0.119 e. The van der Waals surface area contributed by atoms with Crippen molar-refractivity contribution >= 4 is 44.9 Å². The van der Waals surface area contributed by atoms with Gasteiger partial charge in [-0.05, 0) is 189 Å². The van der Waals surface area contributed by atoms with E-state index in [2.05, 4.69) is 155 Å². The predicted octanol–water partition coefficient (Wildman–Crippen LogP) is 14.2. The van der Waals surface area contributed by atoms with Crippen molar-refractivity contribution in [2.45, 2.75) is 5.41 Å². The van der Waals surface area contributed by atoms with Crippen LogP contribution in [-0.4, -0.2) is 28.4 Å². The molecule has 0 radical (unpaired) electrons. The Morgan fingerprint density at radius 2 is 0.651 bits per heavy atom. The van der Waals surface area contributed by atoms with Gasteiger partial charge in [-0.25, -0.2) is 0 Å². The summed E-state index contributed by atoms with van der Waals surface area (Å²) in [6, 6.07) is 69.6. The molecule has 2 aliphatic rings. The van der Waals surface area contributed by atoms with E-state index >= 15 is 0 Å². The lowest BCUT2D eigenvalue weighted by molar-refractivity contribution is 0.414. The van der Waals surface area contributed by atoms with Gasteiger partial charge in [0.2, 0.25) is 0 Å². The van der Waals surface area contributed by atoms with Crippen molar-refractivity contribution in [3.8, 4) is 45.3 Å². The van der Waals surface area contributed by atoms with Crippen LogP contribution in [0.5, 0.6) is 23.0 Å². The number of hydrogen-bond acceptors (Lipinski definition) is 6. The molecule has 9 aromatic carbocycles. The number of anilines is 6. The van der Waals surface area contributed by atoms with Crippen LogP contribution >= 0.6 is 0 Å². The average molecular weight is 821 g/mol. The molecule has 0 saturated heterocycles. The van der Waals surface area contributed by atoms with Crippen molar-refractivity contribution in [1.82, 2.24) is 0 Å². The van der Waals surface area contributed by atoms with Gasteiger partial charge in [-0.15, -0.1) is 0 Å². The van der Waals surface area contributed by atoms with E-state index < -0.39 is 5.41 Å². The maximum atomic E-state index is 5.58. The summed E-state index contributed by atoms with van der Waals surface area (Å²) >= 11 is 0. The molecule has 0 fully saturated rings. The Balaban J connectivity index is 1.14. The van der Waals surface area contributed by atoms with Crippen molar-refractivity contribution < 1.29 is 18.9 Å². The minimum absolute atomic E-state index is 0.574. The van der Waals surface area contributed by atoms with Crippen LogP contribution in [-0.2, 0) is 5.41 Å². The number of fused-ring (bicyclic) bond motifs is 11. The zero-order valence-electron chi connectivity index (χ0n) is 35.5. The summed E-state index contributed by atoms with van der Waals surface area (Å²) in [6.07, 6.45) is 0. The van der Waals surface area contributed by atoms with Crippen LogP contribution in [0.25, 0.3) is 33.0 Å². The predicted molar refractivity (Wildman–Crippen MR) is 256 cm³/mol. The monoisotopic (exact) mass is 820 g/mol. The van der Waals surface area contributed by atoms with E-state index in [0.29, 0.717) is 0 Å². The molecule has 0 bridgehead atoms. The third-order valence-corrected chi connectivity index (χ3v) is 12.9. The molecule has 2 aliphatic carbocycles. The fourth-order valence-corrected chi connectivity index (χ4v) is 9.95. The van der Waals surface area contributed by atoms with Crippen LogP contribution in [0.2, 0.25) is 0 Å². The Bertz CT molecular complexity index is 3020. The minimum atomic E-state index is -0.574. The van der Waals surface area contributed by atoms with Gasteiger partial charge in [0.1, 0.15) is 23.0 Å². The van der Waals surface area contributed by atoms with Gasteiger partial charge in [0.05, 0.1) is 33.9 Å². The summed E-state index contributed by atoms with van der Waals surface area (Å²) in [5.41, 5.74) is 15.7. The van der Waals surface area contributed by atoms with Gasteiger partial charge in [0.15, 0.2) is 0 Å². The third-order valence-electron chi connectivity index (χ3n) is 12.9. The highest BCUT2D eigenvalue weighted by atomic mass is 16.5. The second-order valence-electron chi connectivity index (χ2n) is 16.0. The Morgan fingerprint density at radius 3 is 1.10 bits per heavy atom. The molecule has 0 heterocycles. The summed E-state index contributed by atoms with van der Waals surface area (Å²) in [5.74, 6) is 3.23. The van der Waals surface area contributed by atoms with Crippen LogP contribution in [0.15, 0.2) is 194 Å². The van der Waals surface area contributed by atoms with E-state index in [-0.39, 0.29) is 0 Å². The van der Waals surface area contributed by atoms with E-state index in [1.165, 1.54) is 49.9 Å². The fraction of sp³-hybridized carbons (Fsp3) is 0.0877. The van der Waals surface area contributed by atoms with Crippen LogP contribution in [0.4, 0.5) is 34.1 Å². The Kier molecular flexibility index (Phi) is 9.16. The quantitative estimate of drug-likeness (QED) is 0.137. The lowest BCUT2D eigenvalue weighted by Gasteiger charge is -2.32. The van der Waals surface area contributed by atoms with Gasteiger partial charge < -0.3 is 28.7 Å². The van der Waals surface area contributed by atoms with Crippen LogP contribution in [0.3, 0.4) is 0 Å². The van der Waals surface area contributed by atoms with E-state index in [1.807, 2.05) is 48.5 Å². The highest BCUT2D eigenvalue weighted by Gasteiger charge is 2.52. The lowest BCUT2D eigenvalue weighted by atomic mass is 9.70. The van der Waals surface area contributed by atoms with Crippen molar-refractivity contribution in [2.24, 2.45) is 0 Å². The molecule has 6 nitrogen and oxygen atoms in total. The summed E-state index contributed by atoms with van der Waals surface area (Å²) in [4.78, 5) is 4.60. The molecule has 0 N–H and O–H groups in total. The zero-order chi connectivity index (χ0) is 42.7. The van der Waals surface area contributed by atoms with Crippen molar-refractivity contribution in [3.05, 3.63) is 216 Å². The molecule has 6 heteroatoms. The Labute approximate surface area is 367 Å². The maximum absolute atomic E-state index is 5.58. The number of ether oxygens (including phenoxy) is 4. The third kappa shape index (κ3) is 6.01. The van der Waals surface area contributed by atoms with Crippen molar-refractivity contribution in [2.75, 3.05) is 38.2 Å². The first-order chi connectivity index (χ1) is 31.0. The molecular weight excluding hydrogens is 777 g/mol. The fourth-order valence-electron chi connectivity index (χ4n) is 9.95.